The van der Waals surface area contributed by atoms with Crippen LogP contribution in [0, 0.1) is 0 Å². The fraction of sp³-hybridized carbons (Fsp3) is 0.333. The number of hydrogen-bond acceptors (Lipinski definition) is 1. The first-order valence-electron chi connectivity index (χ1n) is 5.73. The maximum atomic E-state index is 7.91. The van der Waals surface area contributed by atoms with Crippen LogP contribution in [0.25, 0.3) is 10.9 Å². The number of aryl methyl sites for hydroxylation is 1. The molecule has 2 heteroatoms. The van der Waals surface area contributed by atoms with Crippen molar-refractivity contribution >= 4 is 10.9 Å². The summed E-state index contributed by atoms with van der Waals surface area (Å²) in [4.78, 5) is 4.77. The second-order valence-electron chi connectivity index (χ2n) is 3.59. The van der Waals surface area contributed by atoms with Crippen LogP contribution in [-0.2, 0) is 6.42 Å². The predicted molar refractivity (Wildman–Crippen MR) is 60.6 cm³/mol. The third-order valence-electron chi connectivity index (χ3n) is 2.26. The van der Waals surface area contributed by atoms with Gasteiger partial charge >= 0.3 is 0 Å². The highest BCUT2D eigenvalue weighted by Gasteiger charge is 2.02. The van der Waals surface area contributed by atoms with Gasteiger partial charge in [-0.1, -0.05) is 18.2 Å². The lowest BCUT2D eigenvalue weighted by Gasteiger charge is -2.07. The molecular formula is C12H16N2. The normalized spacial score (nSPS) is 14.5. The average molecular weight is 190 g/mol. The van der Waals surface area contributed by atoms with Crippen molar-refractivity contribution in [3.63, 3.8) is 0 Å². The molecule has 1 N–H and O–H groups in total. The lowest BCUT2D eigenvalue weighted by Crippen LogP contribution is -2.14. The zero-order valence-corrected chi connectivity index (χ0v) is 8.54. The fourth-order valence-electron chi connectivity index (χ4n) is 1.52. The minimum atomic E-state index is -1.31. The van der Waals surface area contributed by atoms with E-state index in [-0.39, 0.29) is 0 Å². The summed E-state index contributed by atoms with van der Waals surface area (Å²) in [5.41, 5.74) is 2.08. The van der Waals surface area contributed by atoms with Gasteiger partial charge in [0.15, 0.2) is 0 Å². The minimum Gasteiger partial charge on any atom is -0.361 e. The van der Waals surface area contributed by atoms with Crippen LogP contribution in [0.3, 0.4) is 0 Å². The lowest BCUT2D eigenvalue weighted by atomic mass is 10.1. The van der Waals surface area contributed by atoms with Crippen molar-refractivity contribution < 1.29 is 2.74 Å². The van der Waals surface area contributed by atoms with Gasteiger partial charge in [0.25, 0.3) is 0 Å². The Morgan fingerprint density at radius 3 is 2.93 bits per heavy atom. The molecule has 0 unspecified atom stereocenters. The maximum absolute atomic E-state index is 7.91. The molecule has 1 heterocycles. The van der Waals surface area contributed by atoms with E-state index in [4.69, 9.17) is 2.74 Å². The number of benzene rings is 1. The van der Waals surface area contributed by atoms with Gasteiger partial charge in [-0.15, -0.1) is 0 Å². The van der Waals surface area contributed by atoms with Crippen LogP contribution in [0.5, 0.6) is 0 Å². The van der Waals surface area contributed by atoms with Gasteiger partial charge in [-0.05, 0) is 32.1 Å². The first-order valence-corrected chi connectivity index (χ1v) is 4.73. The topological polar surface area (TPSA) is 19.0 Å². The van der Waals surface area contributed by atoms with E-state index in [0.717, 1.165) is 16.5 Å². The number of hydrogen-bond donors (Lipinski definition) is 1. The molecule has 0 atom stereocenters. The summed E-state index contributed by atoms with van der Waals surface area (Å²) in [5, 5.41) is 1.10. The first kappa shape index (κ1) is 7.07. The van der Waals surface area contributed by atoms with E-state index in [1.54, 1.807) is 19.0 Å². The summed E-state index contributed by atoms with van der Waals surface area (Å²) < 4.78 is 15.8. The molecule has 14 heavy (non-hydrogen) atoms. The largest absolute Gasteiger partial charge is 0.361 e. The Bertz CT molecular complexity index is 488. The van der Waals surface area contributed by atoms with Crippen molar-refractivity contribution in [2.24, 2.45) is 0 Å². The maximum Gasteiger partial charge on any atom is 0.0456 e. The molecule has 0 aliphatic carbocycles. The Morgan fingerprint density at radius 2 is 2.14 bits per heavy atom. The molecule has 0 spiro atoms. The molecule has 1 aromatic heterocycles. The molecular weight excluding hydrogens is 172 g/mol. The Labute approximate surface area is 87.4 Å². The summed E-state index contributed by atoms with van der Waals surface area (Å²) in [5.74, 6) is 0. The quantitative estimate of drug-likeness (QED) is 0.786. The molecule has 0 aliphatic rings. The number of likely N-dealkylation sites (N-methyl/N-ethyl adjacent to an activating group) is 1. The fourth-order valence-corrected chi connectivity index (χ4v) is 1.52. The van der Waals surface area contributed by atoms with Gasteiger partial charge in [0.1, 0.15) is 0 Å². The van der Waals surface area contributed by atoms with Gasteiger partial charge in [0.2, 0.25) is 0 Å². The third-order valence-corrected chi connectivity index (χ3v) is 2.26. The predicted octanol–water partition coefficient (Wildman–Crippen LogP) is 2.27. The van der Waals surface area contributed by atoms with Gasteiger partial charge in [-0.3, -0.25) is 0 Å². The monoisotopic (exact) mass is 190 g/mol. The summed E-state index contributed by atoms with van der Waals surface area (Å²) in [6.07, 6.45) is 2.29. The first-order chi connectivity index (χ1) is 7.50. The number of rotatable bonds is 3. The third kappa shape index (κ3) is 1.80. The van der Waals surface area contributed by atoms with Crippen LogP contribution in [0.2, 0.25) is 0 Å². The Kier molecular flexibility index (Phi) is 1.94. The van der Waals surface area contributed by atoms with Crippen molar-refractivity contribution in [1.82, 2.24) is 9.88 Å². The van der Waals surface area contributed by atoms with E-state index < -0.39 is 6.50 Å². The molecule has 0 fully saturated rings. The molecule has 0 saturated carbocycles. The molecule has 0 amide bonds. The van der Waals surface area contributed by atoms with Crippen LogP contribution in [-0.4, -0.2) is 30.5 Å². The highest BCUT2D eigenvalue weighted by atomic mass is 15.0. The summed E-state index contributed by atoms with van der Waals surface area (Å²) >= 11 is 0. The van der Waals surface area contributed by atoms with E-state index >= 15 is 0 Å². The Hall–Kier alpha value is -1.28. The summed E-state index contributed by atoms with van der Waals surface area (Å²) in [7, 11) is 3.52. The number of nitrogens with one attached hydrogen (secondary N) is 1. The molecule has 0 aliphatic heterocycles. The molecule has 2 rings (SSSR count). The molecule has 74 valence electrons. The van der Waals surface area contributed by atoms with E-state index in [9.17, 15) is 0 Å². The van der Waals surface area contributed by atoms with Gasteiger partial charge in [0.05, 0.1) is 0 Å². The zero-order chi connectivity index (χ0) is 11.8. The van der Waals surface area contributed by atoms with Crippen LogP contribution >= 0.6 is 0 Å². The number of aromatic nitrogens is 1. The van der Waals surface area contributed by atoms with Gasteiger partial charge in [-0.25, -0.2) is 0 Å². The number of fused-ring (bicyclic) bond motifs is 1. The smallest absolute Gasteiger partial charge is 0.0456 e. The SMILES string of the molecule is [2H]C([2H])(Cc1c[nH]c2ccccc12)N(C)C. The van der Waals surface area contributed by atoms with E-state index in [1.165, 1.54) is 0 Å². The summed E-state index contributed by atoms with van der Waals surface area (Å²) in [6, 6.07) is 7.98. The van der Waals surface area contributed by atoms with E-state index in [0.29, 0.717) is 6.42 Å². The van der Waals surface area contributed by atoms with Crippen molar-refractivity contribution in [2.45, 2.75) is 6.42 Å². The van der Waals surface area contributed by atoms with Crippen molar-refractivity contribution in [2.75, 3.05) is 20.6 Å². The second-order valence-corrected chi connectivity index (χ2v) is 3.59. The van der Waals surface area contributed by atoms with Crippen LogP contribution in [0.1, 0.15) is 8.30 Å². The van der Waals surface area contributed by atoms with Crippen molar-refractivity contribution in [3.8, 4) is 0 Å². The minimum absolute atomic E-state index is 0.393. The Balaban J connectivity index is 2.35. The van der Waals surface area contributed by atoms with E-state index in [1.807, 2.05) is 30.5 Å². The molecule has 0 bridgehead atoms. The van der Waals surface area contributed by atoms with Gasteiger partial charge < -0.3 is 9.88 Å². The number of H-pyrrole nitrogens is 1. The van der Waals surface area contributed by atoms with E-state index in [2.05, 4.69) is 4.98 Å². The lowest BCUT2D eigenvalue weighted by molar-refractivity contribution is 0.414. The van der Waals surface area contributed by atoms with Crippen LogP contribution in [0.4, 0.5) is 0 Å². The van der Waals surface area contributed by atoms with Crippen molar-refractivity contribution in [3.05, 3.63) is 36.0 Å². The highest BCUT2D eigenvalue weighted by Crippen LogP contribution is 2.17. The molecule has 2 aromatic rings. The van der Waals surface area contributed by atoms with Crippen LogP contribution < -0.4 is 0 Å². The summed E-state index contributed by atoms with van der Waals surface area (Å²) in [6.45, 7) is -1.31. The number of aromatic amines is 1. The number of para-hydroxylation sites is 1. The Morgan fingerprint density at radius 1 is 1.36 bits per heavy atom. The highest BCUT2D eigenvalue weighted by molar-refractivity contribution is 5.83. The molecule has 2 nitrogen and oxygen atoms in total. The van der Waals surface area contributed by atoms with Gasteiger partial charge in [-0.2, -0.15) is 0 Å². The average Bonchev–Trinajstić information content (AvgIpc) is 2.61. The van der Waals surface area contributed by atoms with Crippen molar-refractivity contribution in [1.29, 1.82) is 0 Å². The molecule has 1 aromatic carbocycles. The second kappa shape index (κ2) is 3.84. The molecule has 0 radical (unpaired) electrons. The molecule has 0 saturated heterocycles. The number of nitrogens with zero attached hydrogens (tertiary/aromatic N) is 1. The van der Waals surface area contributed by atoms with Gasteiger partial charge in [0, 0.05) is 26.3 Å². The zero-order valence-electron chi connectivity index (χ0n) is 10.5. The van der Waals surface area contributed by atoms with Crippen LogP contribution in [0.15, 0.2) is 30.5 Å². The standard InChI is InChI=1S/C12H16N2/c1-14(2)8-7-10-9-13-12-6-4-3-5-11(10)12/h3-6,9,13H,7-8H2,1-2H3/i8D2.